The molecule has 0 bridgehead atoms. The number of nitrogens with one attached hydrogen (secondary N) is 1. The van der Waals surface area contributed by atoms with E-state index in [1.807, 2.05) is 0 Å². The van der Waals surface area contributed by atoms with E-state index in [0.717, 1.165) is 0 Å². The molecule has 1 fully saturated rings. The highest BCUT2D eigenvalue weighted by molar-refractivity contribution is 8.15. The molecule has 166 valence electrons. The molecular formula is C23H23N3O5S. The summed E-state index contributed by atoms with van der Waals surface area (Å²) in [7, 11) is 0. The molecule has 1 atom stereocenters. The van der Waals surface area contributed by atoms with Gasteiger partial charge in [0, 0.05) is 24.7 Å². The molecule has 1 saturated heterocycles. The summed E-state index contributed by atoms with van der Waals surface area (Å²) in [6, 6.07) is 12.7. The van der Waals surface area contributed by atoms with Crippen molar-refractivity contribution in [2.45, 2.75) is 18.6 Å². The number of esters is 1. The maximum absolute atomic E-state index is 12.8. The van der Waals surface area contributed by atoms with E-state index in [2.05, 4.69) is 16.9 Å². The molecule has 0 saturated carbocycles. The third-order valence-corrected chi connectivity index (χ3v) is 5.61. The van der Waals surface area contributed by atoms with Crippen LogP contribution >= 0.6 is 11.8 Å². The number of thioether (sulfide) groups is 1. The van der Waals surface area contributed by atoms with E-state index in [-0.39, 0.29) is 37.1 Å². The average Bonchev–Trinajstić information content (AvgIpc) is 3.03. The molecule has 2 aromatic rings. The van der Waals surface area contributed by atoms with Crippen molar-refractivity contribution in [3.63, 3.8) is 0 Å². The molecule has 0 unspecified atom stereocenters. The summed E-state index contributed by atoms with van der Waals surface area (Å²) in [6.07, 6.45) is 1.54. The monoisotopic (exact) mass is 453 g/mol. The number of aromatic hydroxyl groups is 1. The number of phenols is 1. The number of carbonyl (C=O) groups excluding carboxylic acids is 3. The number of hydrogen-bond acceptors (Lipinski definition) is 7. The molecule has 0 spiro atoms. The van der Waals surface area contributed by atoms with Gasteiger partial charge >= 0.3 is 5.97 Å². The van der Waals surface area contributed by atoms with E-state index in [1.54, 1.807) is 49.4 Å². The van der Waals surface area contributed by atoms with Gasteiger partial charge in [0.1, 0.15) is 11.0 Å². The van der Waals surface area contributed by atoms with Gasteiger partial charge in [-0.2, -0.15) is 0 Å². The molecule has 0 aromatic heterocycles. The first-order valence-corrected chi connectivity index (χ1v) is 10.8. The highest BCUT2D eigenvalue weighted by Gasteiger charge is 2.38. The second kappa shape index (κ2) is 10.6. The van der Waals surface area contributed by atoms with Crippen LogP contribution in [0.15, 0.2) is 66.2 Å². The Labute approximate surface area is 190 Å². The molecule has 2 aromatic carbocycles. The SMILES string of the molecule is C=CCN1C(=O)[C@@H](CC(=O)Nc2ccc(C(=O)OCC)cc2)SC1=Nc1cccc(O)c1. The number of amidine groups is 1. The van der Waals surface area contributed by atoms with Crippen LogP contribution in [0.2, 0.25) is 0 Å². The minimum absolute atomic E-state index is 0.0458. The smallest absolute Gasteiger partial charge is 0.338 e. The number of amides is 2. The molecule has 2 amide bonds. The Balaban J connectivity index is 1.67. The Bertz CT molecular complexity index is 1050. The maximum Gasteiger partial charge on any atom is 0.338 e. The lowest BCUT2D eigenvalue weighted by Crippen LogP contribution is -2.33. The van der Waals surface area contributed by atoms with E-state index in [1.165, 1.54) is 28.8 Å². The van der Waals surface area contributed by atoms with Crippen LogP contribution in [0.4, 0.5) is 11.4 Å². The van der Waals surface area contributed by atoms with Gasteiger partial charge in [-0.15, -0.1) is 6.58 Å². The normalized spacial score (nSPS) is 16.8. The summed E-state index contributed by atoms with van der Waals surface area (Å²) >= 11 is 1.19. The Hall–Kier alpha value is -3.59. The maximum atomic E-state index is 12.8. The van der Waals surface area contributed by atoms with Gasteiger partial charge in [-0.25, -0.2) is 9.79 Å². The van der Waals surface area contributed by atoms with E-state index >= 15 is 0 Å². The molecular weight excluding hydrogens is 430 g/mol. The number of ether oxygens (including phenoxy) is 1. The average molecular weight is 454 g/mol. The van der Waals surface area contributed by atoms with Crippen LogP contribution in [0.5, 0.6) is 5.75 Å². The Morgan fingerprint density at radius 1 is 1.28 bits per heavy atom. The summed E-state index contributed by atoms with van der Waals surface area (Å²) in [4.78, 5) is 43.0. The molecule has 1 aliphatic rings. The van der Waals surface area contributed by atoms with Crippen molar-refractivity contribution >= 4 is 46.1 Å². The number of nitrogens with zero attached hydrogens (tertiary/aromatic N) is 2. The number of benzene rings is 2. The largest absolute Gasteiger partial charge is 0.508 e. The van der Waals surface area contributed by atoms with Crippen LogP contribution in [0.25, 0.3) is 0 Å². The molecule has 0 radical (unpaired) electrons. The third kappa shape index (κ3) is 5.76. The fourth-order valence-electron chi connectivity index (χ4n) is 2.98. The van der Waals surface area contributed by atoms with E-state index in [4.69, 9.17) is 4.74 Å². The van der Waals surface area contributed by atoms with Crippen molar-refractivity contribution in [2.24, 2.45) is 4.99 Å². The van der Waals surface area contributed by atoms with Crippen molar-refractivity contribution in [3.05, 3.63) is 66.7 Å². The second-order valence-electron chi connectivity index (χ2n) is 6.81. The lowest BCUT2D eigenvalue weighted by atomic mass is 10.2. The van der Waals surface area contributed by atoms with Gasteiger partial charge < -0.3 is 15.2 Å². The van der Waals surface area contributed by atoms with Gasteiger partial charge in [0.25, 0.3) is 0 Å². The second-order valence-corrected chi connectivity index (χ2v) is 7.98. The molecule has 1 aliphatic heterocycles. The first-order chi connectivity index (χ1) is 15.4. The van der Waals surface area contributed by atoms with E-state index in [9.17, 15) is 19.5 Å². The lowest BCUT2D eigenvalue weighted by Gasteiger charge is -2.13. The Kier molecular flexibility index (Phi) is 7.67. The Morgan fingerprint density at radius 3 is 2.69 bits per heavy atom. The number of anilines is 1. The Morgan fingerprint density at radius 2 is 2.03 bits per heavy atom. The van der Waals surface area contributed by atoms with Gasteiger partial charge in [0.05, 0.1) is 17.9 Å². The van der Waals surface area contributed by atoms with Crippen LogP contribution < -0.4 is 5.32 Å². The highest BCUT2D eigenvalue weighted by atomic mass is 32.2. The zero-order valence-electron chi connectivity index (χ0n) is 17.5. The minimum atomic E-state index is -0.634. The summed E-state index contributed by atoms with van der Waals surface area (Å²) in [5, 5.41) is 12.2. The minimum Gasteiger partial charge on any atom is -0.508 e. The fraction of sp³-hybridized carbons (Fsp3) is 0.217. The quantitative estimate of drug-likeness (QED) is 0.466. The number of phenolic OH excluding ortho intramolecular Hbond substituents is 1. The molecule has 8 nitrogen and oxygen atoms in total. The molecule has 3 rings (SSSR count). The molecule has 0 aliphatic carbocycles. The third-order valence-electron chi connectivity index (χ3n) is 4.44. The predicted octanol–water partition coefficient (Wildman–Crippen LogP) is 3.72. The number of aliphatic imine (C=N–C) groups is 1. The highest BCUT2D eigenvalue weighted by Crippen LogP contribution is 2.32. The molecule has 1 heterocycles. The van der Waals surface area contributed by atoms with Crippen molar-refractivity contribution in [2.75, 3.05) is 18.5 Å². The van der Waals surface area contributed by atoms with Crippen LogP contribution in [0.3, 0.4) is 0 Å². The molecule has 9 heteroatoms. The standard InChI is InChI=1S/C23H23N3O5S/c1-3-12-26-21(29)19(32-23(26)25-17-6-5-7-18(27)13-17)14-20(28)24-16-10-8-15(9-11-16)22(30)31-4-2/h3,5-11,13,19,27H,1,4,12,14H2,2H3,(H,24,28)/t19-/m1/s1. The van der Waals surface area contributed by atoms with Crippen LogP contribution in [0.1, 0.15) is 23.7 Å². The van der Waals surface area contributed by atoms with Crippen molar-refractivity contribution in [1.82, 2.24) is 4.90 Å². The van der Waals surface area contributed by atoms with Gasteiger partial charge in [0.15, 0.2) is 5.17 Å². The van der Waals surface area contributed by atoms with E-state index in [0.29, 0.717) is 22.1 Å². The van der Waals surface area contributed by atoms with Crippen LogP contribution in [0, 0.1) is 0 Å². The first kappa shape index (κ1) is 23.1. The number of carbonyl (C=O) groups is 3. The topological polar surface area (TPSA) is 108 Å². The van der Waals surface area contributed by atoms with Gasteiger partial charge in [-0.3, -0.25) is 14.5 Å². The fourth-order valence-corrected chi connectivity index (χ4v) is 4.15. The van der Waals surface area contributed by atoms with Crippen molar-refractivity contribution in [1.29, 1.82) is 0 Å². The number of hydrogen-bond donors (Lipinski definition) is 2. The zero-order chi connectivity index (χ0) is 23.1. The zero-order valence-corrected chi connectivity index (χ0v) is 18.3. The first-order valence-electron chi connectivity index (χ1n) is 9.95. The van der Waals surface area contributed by atoms with Gasteiger partial charge in [-0.1, -0.05) is 23.9 Å². The summed E-state index contributed by atoms with van der Waals surface area (Å²) in [5.74, 6) is -0.931. The van der Waals surface area contributed by atoms with Crippen LogP contribution in [-0.2, 0) is 14.3 Å². The van der Waals surface area contributed by atoms with E-state index < -0.39 is 11.2 Å². The summed E-state index contributed by atoms with van der Waals surface area (Å²) in [6.45, 7) is 5.95. The molecule has 2 N–H and O–H groups in total. The molecule has 32 heavy (non-hydrogen) atoms. The van der Waals surface area contributed by atoms with Gasteiger partial charge in [0.2, 0.25) is 11.8 Å². The summed E-state index contributed by atoms with van der Waals surface area (Å²) in [5.41, 5.74) is 1.40. The summed E-state index contributed by atoms with van der Waals surface area (Å²) < 4.78 is 4.94. The van der Waals surface area contributed by atoms with Crippen molar-refractivity contribution in [3.8, 4) is 5.75 Å². The number of rotatable bonds is 8. The van der Waals surface area contributed by atoms with Crippen molar-refractivity contribution < 1.29 is 24.2 Å². The predicted molar refractivity (Wildman–Crippen MR) is 124 cm³/mol. The van der Waals surface area contributed by atoms with Crippen LogP contribution in [-0.4, -0.2) is 51.4 Å². The lowest BCUT2D eigenvalue weighted by molar-refractivity contribution is -0.127. The van der Waals surface area contributed by atoms with Gasteiger partial charge in [-0.05, 0) is 43.3 Å².